The van der Waals surface area contributed by atoms with Crippen molar-refractivity contribution in [3.05, 3.63) is 63.6 Å². The second-order valence-corrected chi connectivity index (χ2v) is 8.49. The quantitative estimate of drug-likeness (QED) is 0.640. The third-order valence-electron chi connectivity index (χ3n) is 5.74. The molecule has 154 valence electrons. The average Bonchev–Trinajstić information content (AvgIpc) is 2.66. The molecule has 2 heterocycles. The zero-order valence-corrected chi connectivity index (χ0v) is 17.6. The number of carbonyl (C=O) groups excluding carboxylic acids is 1. The van der Waals surface area contributed by atoms with Gasteiger partial charge in [-0.1, -0.05) is 40.2 Å². The number of nitrogens with zero attached hydrogens (tertiary/aromatic N) is 2. The molecular weight excluding hydrogens is 442 g/mol. The van der Waals surface area contributed by atoms with Gasteiger partial charge in [-0.3, -0.25) is 9.69 Å². The molecule has 2 aromatic rings. The van der Waals surface area contributed by atoms with Crippen molar-refractivity contribution in [1.29, 1.82) is 0 Å². The summed E-state index contributed by atoms with van der Waals surface area (Å²) < 4.78 is 30.5. The molecule has 2 aliphatic rings. The van der Waals surface area contributed by atoms with Crippen LogP contribution in [0.1, 0.15) is 23.1 Å². The number of fused-ring (bicyclic) bond motifs is 1. The van der Waals surface area contributed by atoms with E-state index < -0.39 is 6.61 Å². The van der Waals surface area contributed by atoms with Crippen molar-refractivity contribution in [3.63, 3.8) is 0 Å². The molecule has 1 amide bonds. The van der Waals surface area contributed by atoms with Crippen LogP contribution in [0.5, 0.6) is 5.75 Å². The van der Waals surface area contributed by atoms with E-state index in [-0.39, 0.29) is 18.1 Å². The zero-order valence-electron chi connectivity index (χ0n) is 16.0. The van der Waals surface area contributed by atoms with Gasteiger partial charge in [0.25, 0.3) is 0 Å². The highest BCUT2D eigenvalue weighted by molar-refractivity contribution is 9.10. The Morgan fingerprint density at radius 1 is 1.17 bits per heavy atom. The van der Waals surface area contributed by atoms with E-state index in [4.69, 9.17) is 0 Å². The van der Waals surface area contributed by atoms with Gasteiger partial charge in [-0.25, -0.2) is 0 Å². The second kappa shape index (κ2) is 8.79. The summed E-state index contributed by atoms with van der Waals surface area (Å²) in [6, 6.07) is 13.8. The third kappa shape index (κ3) is 4.78. The monoisotopic (exact) mass is 464 g/mol. The fourth-order valence-corrected chi connectivity index (χ4v) is 4.48. The number of benzene rings is 2. The summed E-state index contributed by atoms with van der Waals surface area (Å²) in [5, 5.41) is 0. The minimum absolute atomic E-state index is 0.0571. The number of ether oxygens (including phenoxy) is 1. The third-order valence-corrected chi connectivity index (χ3v) is 6.23. The van der Waals surface area contributed by atoms with Crippen LogP contribution in [0.25, 0.3) is 0 Å². The number of aryl methyl sites for hydroxylation is 1. The standard InChI is InChI=1S/C22H23BrF2N2O2/c23-18-6-7-20(29-22(24)25)16(11-18)5-8-21(28)27-13-19(14-27)26-10-9-15-3-1-2-4-17(15)12-26/h1-4,6-7,11,19,22H,5,8-10,12-14H2. The highest BCUT2D eigenvalue weighted by Gasteiger charge is 2.35. The lowest BCUT2D eigenvalue weighted by Gasteiger charge is -2.47. The Bertz CT molecular complexity index is 887. The lowest BCUT2D eigenvalue weighted by Crippen LogP contribution is -2.61. The van der Waals surface area contributed by atoms with Gasteiger partial charge in [0, 0.05) is 43.1 Å². The van der Waals surface area contributed by atoms with Crippen LogP contribution in [0.15, 0.2) is 46.9 Å². The first kappa shape index (κ1) is 20.3. The maximum atomic E-state index is 12.6. The van der Waals surface area contributed by atoms with E-state index in [1.165, 1.54) is 17.2 Å². The maximum absolute atomic E-state index is 12.6. The zero-order chi connectivity index (χ0) is 20.4. The van der Waals surface area contributed by atoms with Crippen LogP contribution < -0.4 is 4.74 Å². The number of alkyl halides is 2. The number of halogens is 3. The highest BCUT2D eigenvalue weighted by atomic mass is 79.9. The minimum atomic E-state index is -2.88. The molecule has 7 heteroatoms. The Balaban J connectivity index is 1.28. The van der Waals surface area contributed by atoms with E-state index in [9.17, 15) is 13.6 Å². The van der Waals surface area contributed by atoms with Gasteiger partial charge in [-0.05, 0) is 47.7 Å². The largest absolute Gasteiger partial charge is 0.435 e. The molecule has 0 saturated carbocycles. The van der Waals surface area contributed by atoms with Crippen molar-refractivity contribution in [2.24, 2.45) is 0 Å². The average molecular weight is 465 g/mol. The Labute approximate surface area is 177 Å². The molecule has 4 nitrogen and oxygen atoms in total. The molecular formula is C22H23BrF2N2O2. The van der Waals surface area contributed by atoms with Gasteiger partial charge in [0.2, 0.25) is 5.91 Å². The smallest absolute Gasteiger partial charge is 0.387 e. The summed E-state index contributed by atoms with van der Waals surface area (Å²) in [5.74, 6) is 0.186. The predicted octanol–water partition coefficient (Wildman–Crippen LogP) is 4.25. The highest BCUT2D eigenvalue weighted by Crippen LogP contribution is 2.28. The van der Waals surface area contributed by atoms with Gasteiger partial charge in [0.15, 0.2) is 0 Å². The number of hydrogen-bond donors (Lipinski definition) is 0. The second-order valence-electron chi connectivity index (χ2n) is 7.57. The first-order chi connectivity index (χ1) is 14.0. The Hall–Kier alpha value is -1.99. The van der Waals surface area contributed by atoms with Crippen molar-refractivity contribution < 1.29 is 18.3 Å². The Kier molecular flexibility index (Phi) is 6.15. The van der Waals surface area contributed by atoms with Crippen molar-refractivity contribution in [1.82, 2.24) is 9.80 Å². The number of hydrogen-bond acceptors (Lipinski definition) is 3. The van der Waals surface area contributed by atoms with E-state index in [1.807, 2.05) is 4.90 Å². The van der Waals surface area contributed by atoms with Crippen molar-refractivity contribution in [2.75, 3.05) is 19.6 Å². The van der Waals surface area contributed by atoms with E-state index in [1.54, 1.807) is 12.1 Å². The SMILES string of the molecule is O=C(CCc1cc(Br)ccc1OC(F)F)N1CC(N2CCc3ccccc3C2)C1. The van der Waals surface area contributed by atoms with Crippen LogP contribution in [0.4, 0.5) is 8.78 Å². The first-order valence-corrected chi connectivity index (χ1v) is 10.6. The molecule has 0 bridgehead atoms. The predicted molar refractivity (Wildman–Crippen MR) is 110 cm³/mol. The number of amides is 1. The molecule has 29 heavy (non-hydrogen) atoms. The molecule has 0 aliphatic carbocycles. The normalized spacial score (nSPS) is 17.2. The van der Waals surface area contributed by atoms with Crippen molar-refractivity contribution in [3.8, 4) is 5.75 Å². The minimum Gasteiger partial charge on any atom is -0.435 e. The lowest BCUT2D eigenvalue weighted by atomic mass is 9.96. The molecule has 4 rings (SSSR count). The van der Waals surface area contributed by atoms with E-state index in [2.05, 4.69) is 49.8 Å². The van der Waals surface area contributed by atoms with Crippen LogP contribution in [-0.2, 0) is 24.2 Å². The first-order valence-electron chi connectivity index (χ1n) is 9.81. The van der Waals surface area contributed by atoms with Gasteiger partial charge in [-0.2, -0.15) is 8.78 Å². The summed E-state index contributed by atoms with van der Waals surface area (Å²) in [7, 11) is 0. The lowest BCUT2D eigenvalue weighted by molar-refractivity contribution is -0.138. The van der Waals surface area contributed by atoms with Crippen molar-refractivity contribution in [2.45, 2.75) is 38.5 Å². The molecule has 1 fully saturated rings. The molecule has 0 N–H and O–H groups in total. The van der Waals surface area contributed by atoms with Crippen molar-refractivity contribution >= 4 is 21.8 Å². The van der Waals surface area contributed by atoms with Crippen LogP contribution in [0, 0.1) is 0 Å². The van der Waals surface area contributed by atoms with Crippen LogP contribution >= 0.6 is 15.9 Å². The summed E-state index contributed by atoms with van der Waals surface area (Å²) in [6.45, 7) is 0.557. The summed E-state index contributed by atoms with van der Waals surface area (Å²) in [6.07, 6.45) is 1.71. The number of carbonyl (C=O) groups is 1. The molecule has 2 aliphatic heterocycles. The molecule has 0 spiro atoms. The Morgan fingerprint density at radius 3 is 2.69 bits per heavy atom. The van der Waals surface area contributed by atoms with Gasteiger partial charge >= 0.3 is 6.61 Å². The van der Waals surface area contributed by atoms with Gasteiger partial charge < -0.3 is 9.64 Å². The summed E-state index contributed by atoms with van der Waals surface area (Å²) >= 11 is 3.34. The topological polar surface area (TPSA) is 32.8 Å². The number of likely N-dealkylation sites (tertiary alicyclic amines) is 1. The molecule has 1 saturated heterocycles. The maximum Gasteiger partial charge on any atom is 0.387 e. The summed E-state index contributed by atoms with van der Waals surface area (Å²) in [4.78, 5) is 16.9. The Morgan fingerprint density at radius 2 is 1.93 bits per heavy atom. The summed E-state index contributed by atoms with van der Waals surface area (Å²) in [5.41, 5.74) is 3.41. The van der Waals surface area contributed by atoms with E-state index in [0.717, 1.165) is 37.1 Å². The fraction of sp³-hybridized carbons (Fsp3) is 0.409. The van der Waals surface area contributed by atoms with E-state index >= 15 is 0 Å². The van der Waals surface area contributed by atoms with Crippen LogP contribution in [-0.4, -0.2) is 48.0 Å². The molecule has 0 atom stereocenters. The van der Waals surface area contributed by atoms with Gasteiger partial charge in [-0.15, -0.1) is 0 Å². The molecule has 2 aromatic carbocycles. The molecule has 0 unspecified atom stereocenters. The van der Waals surface area contributed by atoms with E-state index in [0.29, 0.717) is 18.0 Å². The fourth-order valence-electron chi connectivity index (χ4n) is 4.07. The van der Waals surface area contributed by atoms with Crippen LogP contribution in [0.3, 0.4) is 0 Å². The molecule has 0 aromatic heterocycles. The molecule has 0 radical (unpaired) electrons. The van der Waals surface area contributed by atoms with Crippen LogP contribution in [0.2, 0.25) is 0 Å². The van der Waals surface area contributed by atoms with Gasteiger partial charge in [0.1, 0.15) is 5.75 Å². The number of rotatable bonds is 6. The van der Waals surface area contributed by atoms with Gasteiger partial charge in [0.05, 0.1) is 0 Å².